The molecule has 0 heterocycles. The van der Waals surface area contributed by atoms with Gasteiger partial charge in [-0.1, -0.05) is 36.7 Å². The van der Waals surface area contributed by atoms with E-state index < -0.39 is 29.5 Å². The number of benzene rings is 1. The van der Waals surface area contributed by atoms with E-state index in [-0.39, 0.29) is 41.4 Å². The molecule has 3 fully saturated rings. The van der Waals surface area contributed by atoms with E-state index >= 15 is 0 Å². The van der Waals surface area contributed by atoms with Gasteiger partial charge in [-0.2, -0.15) is 0 Å². The zero-order valence-corrected chi connectivity index (χ0v) is 23.4. The predicted molar refractivity (Wildman–Crippen MR) is 148 cm³/mol. The van der Waals surface area contributed by atoms with Gasteiger partial charge in [-0.25, -0.2) is 0 Å². The van der Waals surface area contributed by atoms with E-state index in [2.05, 4.69) is 23.5 Å². The molecule has 218 valence electrons. The highest BCUT2D eigenvalue weighted by molar-refractivity contribution is 5.96. The average Bonchev–Trinajstić information content (AvgIpc) is 3.20. The summed E-state index contributed by atoms with van der Waals surface area (Å²) in [5.74, 6) is -0.235. The molecule has 1 aromatic carbocycles. The molecule has 9 heteroatoms. The summed E-state index contributed by atoms with van der Waals surface area (Å²) in [4.78, 5) is 30.2. The first kappa shape index (κ1) is 28.8. The van der Waals surface area contributed by atoms with Gasteiger partial charge in [-0.15, -0.1) is 0 Å². The number of hydrogen-bond acceptors (Lipinski definition) is 8. The molecule has 0 saturated heterocycles. The molecule has 9 nitrogen and oxygen atoms in total. The lowest BCUT2D eigenvalue weighted by Gasteiger charge is -2.60. The first-order valence-corrected chi connectivity index (χ1v) is 14.5. The predicted octanol–water partition coefficient (Wildman–Crippen LogP) is 2.65. The van der Waals surface area contributed by atoms with Crippen LogP contribution in [0.2, 0.25) is 0 Å². The Morgan fingerprint density at radius 3 is 2.60 bits per heavy atom. The van der Waals surface area contributed by atoms with Crippen LogP contribution in [0.1, 0.15) is 64.4 Å². The zero-order chi connectivity index (χ0) is 28.7. The highest BCUT2D eigenvalue weighted by atomic mass is 16.6. The van der Waals surface area contributed by atoms with Crippen molar-refractivity contribution in [1.29, 1.82) is 0 Å². The van der Waals surface area contributed by atoms with Gasteiger partial charge in [-0.3, -0.25) is 9.59 Å². The molecule has 4 aliphatic carbocycles. The number of phenolic OH excluding ortho intramolecular Hbond substituents is 1. The van der Waals surface area contributed by atoms with Crippen molar-refractivity contribution in [2.75, 3.05) is 19.8 Å². The average molecular weight is 555 g/mol. The van der Waals surface area contributed by atoms with Crippen LogP contribution in [0.3, 0.4) is 0 Å². The third-order valence-corrected chi connectivity index (χ3v) is 10.7. The maximum absolute atomic E-state index is 12.6. The topological polar surface area (TPSA) is 149 Å². The summed E-state index contributed by atoms with van der Waals surface area (Å²) in [5.41, 5.74) is 0.503. The number of aliphatic hydroxyl groups excluding tert-OH is 2. The van der Waals surface area contributed by atoms with Gasteiger partial charge < -0.3 is 30.6 Å². The highest BCUT2D eigenvalue weighted by Gasteiger charge is 2.68. The number of oxime groups is 1. The third-order valence-electron chi connectivity index (χ3n) is 10.7. The molecule has 3 saturated carbocycles. The lowest BCUT2D eigenvalue weighted by atomic mass is 9.45. The van der Waals surface area contributed by atoms with Crippen molar-refractivity contribution < 1.29 is 34.9 Å². The van der Waals surface area contributed by atoms with Crippen LogP contribution < -0.4 is 5.32 Å². The van der Waals surface area contributed by atoms with E-state index in [9.17, 15) is 30.0 Å². The molecule has 1 aromatic rings. The number of aliphatic hydroxyl groups is 3. The minimum Gasteiger partial charge on any atom is -0.508 e. The van der Waals surface area contributed by atoms with Gasteiger partial charge in [0.1, 0.15) is 18.0 Å². The minimum absolute atomic E-state index is 0.0268. The van der Waals surface area contributed by atoms with E-state index in [0.29, 0.717) is 32.2 Å². The maximum Gasteiger partial charge on any atom is 0.260 e. The number of fused-ring (bicyclic) bond motifs is 5. The van der Waals surface area contributed by atoms with Crippen molar-refractivity contribution in [2.45, 2.75) is 76.9 Å². The fraction of sp³-hybridized carbons (Fsp3) is 0.645. The Bertz CT molecular complexity index is 1200. The van der Waals surface area contributed by atoms with Gasteiger partial charge in [0.15, 0.2) is 12.4 Å². The Morgan fingerprint density at radius 2 is 1.88 bits per heavy atom. The van der Waals surface area contributed by atoms with Crippen LogP contribution in [0, 0.1) is 28.6 Å². The van der Waals surface area contributed by atoms with Crippen molar-refractivity contribution in [3.63, 3.8) is 0 Å². The second-order valence-corrected chi connectivity index (χ2v) is 12.7. The highest BCUT2D eigenvalue weighted by Crippen LogP contribution is 2.67. The van der Waals surface area contributed by atoms with Crippen LogP contribution in [0.15, 0.2) is 41.1 Å². The molecule has 1 amide bonds. The standard InChI is InChI=1S/C31H42N2O7/c1-29-12-9-21(33-40-18-27(38)32-14-11-19-3-6-22(35)7-4-19)15-20(29)5-8-23-24-10-13-31(39,26(37)17-34)30(24,2)16-25(36)28(23)29/h3-4,6-7,15,23-25,28,34-36,39H,5,8-14,16-18H2,1-2H3,(H,32,38)/t23-,24-,25-,28+,29-,30-,31-/m0/s1. The SMILES string of the molecule is C[C@]12CCC(=NOCC(=O)NCCc3ccc(O)cc3)C=C1CC[C@@H]1[C@@H]2[C@@H](O)C[C@@]2(C)[C@H]1CC[C@]2(O)C(=O)CO. The molecule has 40 heavy (non-hydrogen) atoms. The van der Waals surface area contributed by atoms with E-state index in [1.807, 2.05) is 19.1 Å². The smallest absolute Gasteiger partial charge is 0.260 e. The summed E-state index contributed by atoms with van der Waals surface area (Å²) in [7, 11) is 0. The van der Waals surface area contributed by atoms with Gasteiger partial charge in [0.25, 0.3) is 5.91 Å². The number of phenols is 1. The summed E-state index contributed by atoms with van der Waals surface area (Å²) in [6, 6.07) is 6.87. The normalized spacial score (nSPS) is 37.6. The number of carbonyl (C=O) groups excluding carboxylic acids is 2. The molecule has 7 atom stereocenters. The molecule has 0 bridgehead atoms. The fourth-order valence-electron chi connectivity index (χ4n) is 8.60. The van der Waals surface area contributed by atoms with Gasteiger partial charge in [0.05, 0.1) is 11.8 Å². The van der Waals surface area contributed by atoms with Crippen LogP contribution >= 0.6 is 0 Å². The maximum atomic E-state index is 12.6. The second kappa shape index (κ2) is 10.9. The molecule has 4 aliphatic rings. The number of ketones is 1. The van der Waals surface area contributed by atoms with Gasteiger partial charge in [-0.05, 0) is 98.3 Å². The monoisotopic (exact) mass is 554 g/mol. The third kappa shape index (κ3) is 4.86. The number of aromatic hydroxyl groups is 1. The van der Waals surface area contributed by atoms with E-state index in [0.717, 1.165) is 37.0 Å². The number of amides is 1. The number of carbonyl (C=O) groups is 2. The van der Waals surface area contributed by atoms with E-state index in [1.165, 1.54) is 5.57 Å². The van der Waals surface area contributed by atoms with Gasteiger partial charge >= 0.3 is 0 Å². The lowest BCUT2D eigenvalue weighted by molar-refractivity contribution is -0.181. The van der Waals surface area contributed by atoms with Crippen LogP contribution in [0.5, 0.6) is 5.75 Å². The van der Waals surface area contributed by atoms with Crippen molar-refractivity contribution in [3.05, 3.63) is 41.5 Å². The molecule has 0 radical (unpaired) electrons. The summed E-state index contributed by atoms with van der Waals surface area (Å²) < 4.78 is 0. The molecule has 0 spiro atoms. The molecule has 5 N–H and O–H groups in total. The second-order valence-electron chi connectivity index (χ2n) is 12.7. The number of nitrogens with zero attached hydrogens (tertiary/aromatic N) is 1. The fourth-order valence-corrected chi connectivity index (χ4v) is 8.60. The van der Waals surface area contributed by atoms with Crippen molar-refractivity contribution in [3.8, 4) is 5.75 Å². The number of nitrogens with one attached hydrogen (secondary N) is 1. The van der Waals surface area contributed by atoms with Crippen LogP contribution in [0.4, 0.5) is 0 Å². The number of Topliss-reactive ketones (excluding diaryl/α,β-unsaturated/α-hetero) is 1. The molecule has 5 rings (SSSR count). The van der Waals surface area contributed by atoms with E-state index in [4.69, 9.17) is 4.84 Å². The summed E-state index contributed by atoms with van der Waals surface area (Å²) in [6.45, 7) is 3.76. The molecule has 0 unspecified atom stereocenters. The minimum atomic E-state index is -1.59. The van der Waals surface area contributed by atoms with Crippen molar-refractivity contribution in [1.82, 2.24) is 5.32 Å². The zero-order valence-electron chi connectivity index (χ0n) is 23.4. The summed E-state index contributed by atoms with van der Waals surface area (Å²) in [5, 5.41) is 48.9. The summed E-state index contributed by atoms with van der Waals surface area (Å²) in [6.07, 6.45) is 6.66. The molecular formula is C31H42N2O7. The Balaban J connectivity index is 1.20. The molecule has 0 aromatic heterocycles. The van der Waals surface area contributed by atoms with Crippen LogP contribution in [0.25, 0.3) is 0 Å². The first-order chi connectivity index (χ1) is 19.0. The Labute approximate surface area is 235 Å². The lowest BCUT2D eigenvalue weighted by Crippen LogP contribution is -2.62. The van der Waals surface area contributed by atoms with Crippen LogP contribution in [-0.4, -0.2) is 69.3 Å². The number of hydrogen-bond donors (Lipinski definition) is 5. The Morgan fingerprint density at radius 1 is 1.12 bits per heavy atom. The van der Waals surface area contributed by atoms with Crippen molar-refractivity contribution >= 4 is 17.4 Å². The number of rotatable bonds is 8. The summed E-state index contributed by atoms with van der Waals surface area (Å²) >= 11 is 0. The van der Waals surface area contributed by atoms with Crippen molar-refractivity contribution in [2.24, 2.45) is 33.7 Å². The van der Waals surface area contributed by atoms with Gasteiger partial charge in [0.2, 0.25) is 0 Å². The Kier molecular flexibility index (Phi) is 7.85. The Hall–Kier alpha value is -2.75. The van der Waals surface area contributed by atoms with E-state index in [1.54, 1.807) is 12.1 Å². The molecular weight excluding hydrogens is 512 g/mol. The number of allylic oxidation sites excluding steroid dienone is 2. The quantitative estimate of drug-likeness (QED) is 0.310. The van der Waals surface area contributed by atoms with Gasteiger partial charge in [0, 0.05) is 12.0 Å². The largest absolute Gasteiger partial charge is 0.508 e. The molecule has 0 aliphatic heterocycles. The first-order valence-electron chi connectivity index (χ1n) is 14.5. The van der Waals surface area contributed by atoms with Crippen LogP contribution in [-0.2, 0) is 20.8 Å².